The first-order valence-corrected chi connectivity index (χ1v) is 11.7. The van der Waals surface area contributed by atoms with Crippen LogP contribution in [0.2, 0.25) is 0 Å². The van der Waals surface area contributed by atoms with E-state index in [2.05, 4.69) is 15.5 Å². The van der Waals surface area contributed by atoms with Gasteiger partial charge in [0.25, 0.3) is 0 Å². The lowest BCUT2D eigenvalue weighted by Crippen LogP contribution is -2.46. The van der Waals surface area contributed by atoms with Crippen LogP contribution < -0.4 is 5.32 Å². The van der Waals surface area contributed by atoms with Gasteiger partial charge in [-0.05, 0) is 40.0 Å². The lowest BCUT2D eigenvalue weighted by atomic mass is 10.1. The zero-order valence-electron chi connectivity index (χ0n) is 19.9. The fourth-order valence-corrected chi connectivity index (χ4v) is 3.72. The summed E-state index contributed by atoms with van der Waals surface area (Å²) in [6.07, 6.45) is 8.01. The Kier molecular flexibility index (Phi) is 9.78. The van der Waals surface area contributed by atoms with Crippen LogP contribution in [0.25, 0.3) is 0 Å². The Bertz CT molecular complexity index is 688. The third-order valence-electron chi connectivity index (χ3n) is 5.36. The molecule has 0 spiro atoms. The van der Waals surface area contributed by atoms with Gasteiger partial charge in [0.2, 0.25) is 11.8 Å². The van der Waals surface area contributed by atoms with Crippen molar-refractivity contribution in [1.82, 2.24) is 20.4 Å². The van der Waals surface area contributed by atoms with E-state index in [0.717, 1.165) is 25.7 Å². The Balaban J connectivity index is 1.78. The predicted molar refractivity (Wildman–Crippen MR) is 119 cm³/mol. The Hall–Kier alpha value is -2.12. The molecule has 8 nitrogen and oxygen atoms in total. The minimum Gasteiger partial charge on any atom is -0.444 e. The molecular formula is C23H40N4O4. The summed E-state index contributed by atoms with van der Waals surface area (Å²) in [4.78, 5) is 31.2. The van der Waals surface area contributed by atoms with Crippen molar-refractivity contribution in [3.8, 4) is 0 Å². The van der Waals surface area contributed by atoms with E-state index < -0.39 is 5.60 Å². The van der Waals surface area contributed by atoms with Crippen LogP contribution in [-0.4, -0.2) is 51.8 Å². The number of rotatable bonds is 9. The summed E-state index contributed by atoms with van der Waals surface area (Å²) in [5.41, 5.74) is -0.534. The molecule has 8 heteroatoms. The van der Waals surface area contributed by atoms with Gasteiger partial charge in [0, 0.05) is 37.9 Å². The van der Waals surface area contributed by atoms with Gasteiger partial charge in [-0.1, -0.05) is 44.7 Å². The van der Waals surface area contributed by atoms with Crippen molar-refractivity contribution in [1.29, 1.82) is 0 Å². The Labute approximate surface area is 186 Å². The molecule has 1 N–H and O–H groups in total. The standard InChI is InChI=1S/C23H40N4O4/c1-17(2)21-25-20(31-26-21)14-10-13-19(28)24-15-16-27(22(29)30-23(3,4)5)18-11-8-6-7-9-12-18/h17-18H,6-16H2,1-5H3,(H,24,28). The number of nitrogens with zero attached hydrogens (tertiary/aromatic N) is 3. The molecule has 2 amide bonds. The van der Waals surface area contributed by atoms with Crippen molar-refractivity contribution in [2.75, 3.05) is 13.1 Å². The molecule has 1 saturated carbocycles. The molecule has 2 rings (SSSR count). The number of aryl methyl sites for hydroxylation is 1. The van der Waals surface area contributed by atoms with E-state index in [-0.39, 0.29) is 24.0 Å². The van der Waals surface area contributed by atoms with Crippen molar-refractivity contribution in [2.24, 2.45) is 0 Å². The minimum atomic E-state index is -0.534. The highest BCUT2D eigenvalue weighted by molar-refractivity contribution is 5.76. The molecule has 0 aliphatic heterocycles. The number of hydrogen-bond donors (Lipinski definition) is 1. The summed E-state index contributed by atoms with van der Waals surface area (Å²) in [5, 5.41) is 6.88. The minimum absolute atomic E-state index is 0.0337. The van der Waals surface area contributed by atoms with Crippen molar-refractivity contribution in [3.63, 3.8) is 0 Å². The molecule has 0 aromatic carbocycles. The van der Waals surface area contributed by atoms with Gasteiger partial charge in [0.1, 0.15) is 5.60 Å². The number of aromatic nitrogens is 2. The first-order valence-electron chi connectivity index (χ1n) is 11.7. The Morgan fingerprint density at radius 3 is 2.45 bits per heavy atom. The summed E-state index contributed by atoms with van der Waals surface area (Å²) in [7, 11) is 0. The molecule has 31 heavy (non-hydrogen) atoms. The van der Waals surface area contributed by atoms with Crippen LogP contribution >= 0.6 is 0 Å². The second kappa shape index (κ2) is 12.1. The number of nitrogens with one attached hydrogen (secondary N) is 1. The van der Waals surface area contributed by atoms with Gasteiger partial charge in [0.05, 0.1) is 0 Å². The molecule has 0 radical (unpaired) electrons. The number of hydrogen-bond acceptors (Lipinski definition) is 6. The van der Waals surface area contributed by atoms with Crippen LogP contribution in [0.1, 0.15) is 104 Å². The molecule has 0 bridgehead atoms. The van der Waals surface area contributed by atoms with Gasteiger partial charge in [-0.25, -0.2) is 4.79 Å². The maximum absolute atomic E-state index is 12.8. The van der Waals surface area contributed by atoms with Gasteiger partial charge < -0.3 is 19.5 Å². The van der Waals surface area contributed by atoms with E-state index >= 15 is 0 Å². The van der Waals surface area contributed by atoms with Crippen molar-refractivity contribution in [3.05, 3.63) is 11.7 Å². The highest BCUT2D eigenvalue weighted by Crippen LogP contribution is 2.23. The summed E-state index contributed by atoms with van der Waals surface area (Å²) in [6.45, 7) is 10.6. The van der Waals surface area contributed by atoms with E-state index in [4.69, 9.17) is 9.26 Å². The number of carbonyl (C=O) groups excluding carboxylic acids is 2. The molecule has 1 aliphatic rings. The Morgan fingerprint density at radius 2 is 1.87 bits per heavy atom. The molecule has 0 atom stereocenters. The average molecular weight is 437 g/mol. The van der Waals surface area contributed by atoms with Crippen LogP contribution in [0.4, 0.5) is 4.79 Å². The monoisotopic (exact) mass is 436 g/mol. The molecule has 176 valence electrons. The molecule has 1 aromatic rings. The van der Waals surface area contributed by atoms with Gasteiger partial charge in [-0.15, -0.1) is 0 Å². The third kappa shape index (κ3) is 9.27. The topological polar surface area (TPSA) is 97.6 Å². The van der Waals surface area contributed by atoms with Crippen LogP contribution in [0, 0.1) is 0 Å². The van der Waals surface area contributed by atoms with E-state index in [1.165, 1.54) is 12.8 Å². The molecule has 1 heterocycles. The van der Waals surface area contributed by atoms with E-state index in [1.807, 2.05) is 39.5 Å². The van der Waals surface area contributed by atoms with E-state index in [0.29, 0.717) is 44.1 Å². The van der Waals surface area contributed by atoms with E-state index in [1.54, 1.807) is 0 Å². The summed E-state index contributed by atoms with van der Waals surface area (Å²) >= 11 is 0. The van der Waals surface area contributed by atoms with Crippen LogP contribution in [0.5, 0.6) is 0 Å². The van der Waals surface area contributed by atoms with Crippen LogP contribution in [0.15, 0.2) is 4.52 Å². The van der Waals surface area contributed by atoms with Crippen molar-refractivity contribution < 1.29 is 18.8 Å². The second-order valence-corrected chi connectivity index (χ2v) is 9.72. The summed E-state index contributed by atoms with van der Waals surface area (Å²) in [5.74, 6) is 1.46. The first kappa shape index (κ1) is 25.1. The second-order valence-electron chi connectivity index (χ2n) is 9.72. The normalized spacial score (nSPS) is 15.5. The van der Waals surface area contributed by atoms with Crippen LogP contribution in [0.3, 0.4) is 0 Å². The highest BCUT2D eigenvalue weighted by Gasteiger charge is 2.28. The fourth-order valence-electron chi connectivity index (χ4n) is 3.72. The smallest absolute Gasteiger partial charge is 0.410 e. The van der Waals surface area contributed by atoms with Crippen molar-refractivity contribution >= 4 is 12.0 Å². The van der Waals surface area contributed by atoms with E-state index in [9.17, 15) is 9.59 Å². The van der Waals surface area contributed by atoms with Crippen LogP contribution in [-0.2, 0) is 16.0 Å². The van der Waals surface area contributed by atoms with Gasteiger partial charge in [-0.2, -0.15) is 4.98 Å². The lowest BCUT2D eigenvalue weighted by Gasteiger charge is -2.33. The average Bonchev–Trinajstić information content (AvgIpc) is 2.99. The zero-order chi connectivity index (χ0) is 22.9. The molecule has 1 aromatic heterocycles. The zero-order valence-corrected chi connectivity index (χ0v) is 19.9. The highest BCUT2D eigenvalue weighted by atomic mass is 16.6. The van der Waals surface area contributed by atoms with Gasteiger partial charge >= 0.3 is 6.09 Å². The molecular weight excluding hydrogens is 396 g/mol. The number of amides is 2. The molecule has 0 saturated heterocycles. The number of ether oxygens (including phenoxy) is 1. The molecule has 1 fully saturated rings. The largest absolute Gasteiger partial charge is 0.444 e. The number of carbonyl (C=O) groups is 2. The summed E-state index contributed by atoms with van der Waals surface area (Å²) < 4.78 is 10.8. The fraction of sp³-hybridized carbons (Fsp3) is 0.826. The molecule has 1 aliphatic carbocycles. The van der Waals surface area contributed by atoms with Gasteiger partial charge in [-0.3, -0.25) is 4.79 Å². The first-order chi connectivity index (χ1) is 14.7. The summed E-state index contributed by atoms with van der Waals surface area (Å²) in [6, 6.07) is 0.182. The van der Waals surface area contributed by atoms with Crippen molar-refractivity contribution in [2.45, 2.75) is 110 Å². The third-order valence-corrected chi connectivity index (χ3v) is 5.36. The maximum atomic E-state index is 12.8. The SMILES string of the molecule is CC(C)c1noc(CCCC(=O)NCCN(C(=O)OC(C)(C)C)C2CCCCCC2)n1. The maximum Gasteiger partial charge on any atom is 0.410 e. The quantitative estimate of drug-likeness (QED) is 0.569. The van der Waals surface area contributed by atoms with Gasteiger partial charge in [0.15, 0.2) is 5.82 Å². The Morgan fingerprint density at radius 1 is 1.19 bits per heavy atom. The predicted octanol–water partition coefficient (Wildman–Crippen LogP) is 4.59. The lowest BCUT2D eigenvalue weighted by molar-refractivity contribution is -0.121. The molecule has 0 unspecified atom stereocenters.